The van der Waals surface area contributed by atoms with Crippen molar-refractivity contribution in [3.05, 3.63) is 19.2 Å². The summed E-state index contributed by atoms with van der Waals surface area (Å²) in [5.74, 6) is -0.736. The van der Waals surface area contributed by atoms with E-state index in [1.165, 1.54) is 16.2 Å². The molecule has 0 spiro atoms. The fourth-order valence-corrected chi connectivity index (χ4v) is 5.30. The summed E-state index contributed by atoms with van der Waals surface area (Å²) in [4.78, 5) is 25.5. The van der Waals surface area contributed by atoms with E-state index in [9.17, 15) is 14.7 Å². The number of aliphatic carboxylic acids is 1. The van der Waals surface area contributed by atoms with Crippen LogP contribution in [0.2, 0.25) is 0 Å². The van der Waals surface area contributed by atoms with E-state index in [-0.39, 0.29) is 5.91 Å². The van der Waals surface area contributed by atoms with Gasteiger partial charge in [-0.1, -0.05) is 13.3 Å². The summed E-state index contributed by atoms with van der Waals surface area (Å²) in [6.45, 7) is 2.57. The van der Waals surface area contributed by atoms with Crippen LogP contribution in [0.5, 0.6) is 0 Å². The average molecular weight is 425 g/mol. The van der Waals surface area contributed by atoms with Gasteiger partial charge in [-0.25, -0.2) is 4.79 Å². The molecule has 2 atom stereocenters. The Hall–Kier alpha value is -0.400. The van der Waals surface area contributed by atoms with E-state index in [1.54, 1.807) is 6.07 Å². The Morgan fingerprint density at radius 1 is 1.50 bits per heavy atom. The van der Waals surface area contributed by atoms with Gasteiger partial charge in [0.1, 0.15) is 6.04 Å². The Balaban J connectivity index is 2.23. The maximum Gasteiger partial charge on any atom is 0.326 e. The highest BCUT2D eigenvalue weighted by Gasteiger charge is 2.36. The number of carbonyl (C=O) groups excluding carboxylic acids is 1. The second kappa shape index (κ2) is 6.58. The van der Waals surface area contributed by atoms with E-state index >= 15 is 0 Å². The quantitative estimate of drug-likeness (QED) is 0.797. The molecule has 0 bridgehead atoms. The predicted molar refractivity (Wildman–Crippen MR) is 85.2 cm³/mol. The summed E-state index contributed by atoms with van der Waals surface area (Å²) in [6, 6.07) is 1.02. The van der Waals surface area contributed by atoms with Crippen LogP contribution in [0.25, 0.3) is 0 Å². The van der Waals surface area contributed by atoms with Crippen molar-refractivity contribution >= 4 is 55.1 Å². The van der Waals surface area contributed by atoms with Crippen LogP contribution >= 0.6 is 43.2 Å². The minimum absolute atomic E-state index is 0.208. The number of hydrogen-bond acceptors (Lipinski definition) is 3. The molecular weight excluding hydrogens is 410 g/mol. The van der Waals surface area contributed by atoms with Gasteiger partial charge in [0.05, 0.1) is 13.1 Å². The molecule has 2 unspecified atom stereocenters. The van der Waals surface area contributed by atoms with Crippen LogP contribution < -0.4 is 0 Å². The van der Waals surface area contributed by atoms with E-state index in [1.807, 2.05) is 0 Å². The number of hydrogen-bond donors (Lipinski definition) is 1. The second-order valence-electron chi connectivity index (χ2n) is 4.89. The number of carboxylic acids is 1. The number of thiophene rings is 1. The zero-order chi connectivity index (χ0) is 14.9. The Kier molecular flexibility index (Phi) is 5.25. The maximum absolute atomic E-state index is 12.6. The molecule has 110 valence electrons. The number of piperidine rings is 1. The van der Waals surface area contributed by atoms with Crippen LogP contribution in [-0.2, 0) is 4.79 Å². The first-order valence-electron chi connectivity index (χ1n) is 6.42. The highest BCUT2D eigenvalue weighted by molar-refractivity contribution is 9.12. The average Bonchev–Trinajstić information content (AvgIpc) is 2.76. The predicted octanol–water partition coefficient (Wildman–Crippen LogP) is 3.99. The standard InChI is InChI=1S/C13H15Br2NO3S/c1-2-7-3-4-16(9(5-7)13(18)19)12(17)8-6-10(14)20-11(8)15/h6-7,9H,2-5H2,1H3,(H,18,19). The van der Waals surface area contributed by atoms with Crippen LogP contribution in [0.1, 0.15) is 36.5 Å². The number of halogens is 2. The van der Waals surface area contributed by atoms with Gasteiger partial charge < -0.3 is 10.0 Å². The van der Waals surface area contributed by atoms with Crippen LogP contribution in [-0.4, -0.2) is 34.5 Å². The van der Waals surface area contributed by atoms with E-state index in [0.29, 0.717) is 24.4 Å². The van der Waals surface area contributed by atoms with Crippen LogP contribution in [0, 0.1) is 5.92 Å². The molecule has 2 rings (SSSR count). The van der Waals surface area contributed by atoms with E-state index in [0.717, 1.165) is 20.4 Å². The molecule has 7 heteroatoms. The molecule has 1 fully saturated rings. The molecule has 1 aromatic heterocycles. The molecule has 0 aromatic carbocycles. The Bertz CT molecular complexity index is 532. The van der Waals surface area contributed by atoms with Gasteiger partial charge in [0, 0.05) is 6.54 Å². The molecule has 0 aliphatic carbocycles. The first-order chi connectivity index (χ1) is 9.43. The smallest absolute Gasteiger partial charge is 0.326 e. The van der Waals surface area contributed by atoms with Gasteiger partial charge in [-0.05, 0) is 56.7 Å². The third kappa shape index (κ3) is 3.26. The number of carboxylic acid groups (broad SMARTS) is 1. The van der Waals surface area contributed by atoms with Gasteiger partial charge in [0.25, 0.3) is 5.91 Å². The largest absolute Gasteiger partial charge is 0.480 e. The molecule has 1 aliphatic heterocycles. The van der Waals surface area contributed by atoms with Crippen molar-refractivity contribution in [1.82, 2.24) is 4.90 Å². The Morgan fingerprint density at radius 3 is 2.70 bits per heavy atom. The van der Waals surface area contributed by atoms with Crippen LogP contribution in [0.3, 0.4) is 0 Å². The van der Waals surface area contributed by atoms with Crippen molar-refractivity contribution in [1.29, 1.82) is 0 Å². The number of likely N-dealkylation sites (tertiary alicyclic amines) is 1. The SMILES string of the molecule is CCC1CCN(C(=O)c2cc(Br)sc2Br)C(C(=O)O)C1. The van der Waals surface area contributed by atoms with Gasteiger partial charge in [-0.2, -0.15) is 0 Å². The summed E-state index contributed by atoms with van der Waals surface area (Å²) in [5, 5.41) is 9.38. The maximum atomic E-state index is 12.6. The summed E-state index contributed by atoms with van der Waals surface area (Å²) >= 11 is 8.12. The molecule has 1 aliphatic rings. The van der Waals surface area contributed by atoms with E-state index in [4.69, 9.17) is 0 Å². The summed E-state index contributed by atoms with van der Waals surface area (Å²) in [6.07, 6.45) is 2.37. The lowest BCUT2D eigenvalue weighted by Gasteiger charge is -2.36. The lowest BCUT2D eigenvalue weighted by atomic mass is 9.88. The molecular formula is C13H15Br2NO3S. The zero-order valence-corrected chi connectivity index (χ0v) is 14.9. The highest BCUT2D eigenvalue weighted by Crippen LogP contribution is 2.34. The monoisotopic (exact) mass is 423 g/mol. The van der Waals surface area contributed by atoms with Gasteiger partial charge in [-0.3, -0.25) is 4.79 Å². The molecule has 20 heavy (non-hydrogen) atoms. The number of rotatable bonds is 3. The van der Waals surface area contributed by atoms with E-state index in [2.05, 4.69) is 38.8 Å². The van der Waals surface area contributed by atoms with Crippen molar-refractivity contribution in [2.75, 3.05) is 6.54 Å². The van der Waals surface area contributed by atoms with Gasteiger partial charge in [0.15, 0.2) is 0 Å². The second-order valence-corrected chi connectivity index (χ2v) is 8.64. The number of carbonyl (C=O) groups is 2. The summed E-state index contributed by atoms with van der Waals surface area (Å²) in [7, 11) is 0. The number of amides is 1. The van der Waals surface area contributed by atoms with Crippen LogP contribution in [0.15, 0.2) is 13.6 Å². The lowest BCUT2D eigenvalue weighted by Crippen LogP contribution is -2.50. The minimum atomic E-state index is -0.915. The summed E-state index contributed by atoms with van der Waals surface area (Å²) in [5.41, 5.74) is 0.531. The fourth-order valence-electron chi connectivity index (χ4n) is 2.53. The minimum Gasteiger partial charge on any atom is -0.480 e. The zero-order valence-electron chi connectivity index (χ0n) is 10.9. The fraction of sp³-hybridized carbons (Fsp3) is 0.538. The first-order valence-corrected chi connectivity index (χ1v) is 8.82. The lowest BCUT2D eigenvalue weighted by molar-refractivity contribution is -0.144. The van der Waals surface area contributed by atoms with Crippen molar-refractivity contribution < 1.29 is 14.7 Å². The molecule has 1 N–H and O–H groups in total. The van der Waals surface area contributed by atoms with Crippen molar-refractivity contribution in [3.8, 4) is 0 Å². The normalized spacial score (nSPS) is 22.9. The van der Waals surface area contributed by atoms with E-state index < -0.39 is 12.0 Å². The highest BCUT2D eigenvalue weighted by atomic mass is 79.9. The van der Waals surface area contributed by atoms with Gasteiger partial charge in [0.2, 0.25) is 0 Å². The Morgan fingerprint density at radius 2 is 2.20 bits per heavy atom. The Labute approximate surface area is 138 Å². The van der Waals surface area contributed by atoms with Crippen LogP contribution in [0.4, 0.5) is 0 Å². The number of nitrogens with zero attached hydrogens (tertiary/aromatic N) is 1. The summed E-state index contributed by atoms with van der Waals surface area (Å²) < 4.78 is 1.58. The molecule has 1 saturated heterocycles. The van der Waals surface area contributed by atoms with Gasteiger partial charge in [-0.15, -0.1) is 11.3 Å². The molecule has 1 amide bonds. The third-order valence-corrected chi connectivity index (χ3v) is 6.06. The van der Waals surface area contributed by atoms with Gasteiger partial charge >= 0.3 is 5.97 Å². The third-order valence-electron chi connectivity index (χ3n) is 3.72. The molecule has 1 aromatic rings. The molecule has 2 heterocycles. The van der Waals surface area contributed by atoms with Crippen molar-refractivity contribution in [2.24, 2.45) is 5.92 Å². The molecule has 4 nitrogen and oxygen atoms in total. The van der Waals surface area contributed by atoms with Crippen molar-refractivity contribution in [3.63, 3.8) is 0 Å². The topological polar surface area (TPSA) is 57.6 Å². The first kappa shape index (κ1) is 16.0. The molecule has 0 radical (unpaired) electrons. The van der Waals surface area contributed by atoms with Crippen molar-refractivity contribution in [2.45, 2.75) is 32.2 Å². The molecule has 0 saturated carbocycles.